The Hall–Kier alpha value is -0.120. The van der Waals surface area contributed by atoms with Gasteiger partial charge in [0.2, 0.25) is 0 Å². The first-order valence-corrected chi connectivity index (χ1v) is 7.39. The van der Waals surface area contributed by atoms with Gasteiger partial charge >= 0.3 is 0 Å². The lowest BCUT2D eigenvalue weighted by atomic mass is 9.84. The predicted molar refractivity (Wildman–Crippen MR) is 80.0 cm³/mol. The Balaban J connectivity index is 2.34. The molecule has 1 unspecified atom stereocenters. The van der Waals surface area contributed by atoms with E-state index < -0.39 is 0 Å². The summed E-state index contributed by atoms with van der Waals surface area (Å²) < 4.78 is 0. The average molecular weight is 255 g/mol. The summed E-state index contributed by atoms with van der Waals surface area (Å²) in [5.41, 5.74) is 0.328. The van der Waals surface area contributed by atoms with E-state index in [1.807, 2.05) is 0 Å². The Morgan fingerprint density at radius 1 is 1.33 bits per heavy atom. The van der Waals surface area contributed by atoms with E-state index >= 15 is 0 Å². The fourth-order valence-corrected chi connectivity index (χ4v) is 2.97. The topological polar surface area (TPSA) is 18.5 Å². The number of likely N-dealkylation sites (tertiary alicyclic amines) is 1. The summed E-state index contributed by atoms with van der Waals surface area (Å²) in [5, 5.41) is 3.39. The lowest BCUT2D eigenvalue weighted by Gasteiger charge is -2.38. The minimum atomic E-state index is 0.328. The molecule has 1 N–H and O–H groups in total. The summed E-state index contributed by atoms with van der Waals surface area (Å²) in [5.74, 6) is 0.895. The summed E-state index contributed by atoms with van der Waals surface area (Å²) >= 11 is 0. The van der Waals surface area contributed by atoms with E-state index in [1.165, 1.54) is 39.0 Å². The molecule has 0 spiro atoms. The number of nitrogens with zero attached hydrogens (tertiary/aromatic N) is 2. The smallest absolute Gasteiger partial charge is 0.00991 e. The summed E-state index contributed by atoms with van der Waals surface area (Å²) in [6.07, 6.45) is 2.73. The van der Waals surface area contributed by atoms with Gasteiger partial charge in [-0.3, -0.25) is 0 Å². The van der Waals surface area contributed by atoms with Crippen molar-refractivity contribution in [1.29, 1.82) is 0 Å². The van der Waals surface area contributed by atoms with Gasteiger partial charge in [0.1, 0.15) is 0 Å². The van der Waals surface area contributed by atoms with E-state index in [9.17, 15) is 0 Å². The van der Waals surface area contributed by atoms with Crippen molar-refractivity contribution in [3.8, 4) is 0 Å². The Labute approximate surface area is 114 Å². The fourth-order valence-electron chi connectivity index (χ4n) is 2.97. The highest BCUT2D eigenvalue weighted by molar-refractivity contribution is 4.83. The van der Waals surface area contributed by atoms with Crippen molar-refractivity contribution in [1.82, 2.24) is 15.1 Å². The van der Waals surface area contributed by atoms with Crippen LogP contribution in [0, 0.1) is 11.3 Å². The third-order valence-electron chi connectivity index (χ3n) is 4.69. The molecule has 3 nitrogen and oxygen atoms in total. The molecule has 0 aromatic heterocycles. The summed E-state index contributed by atoms with van der Waals surface area (Å²) in [7, 11) is 6.57. The predicted octanol–water partition coefficient (Wildman–Crippen LogP) is 1.89. The maximum Gasteiger partial charge on any atom is 0.00991 e. The molecule has 1 atom stereocenters. The average Bonchev–Trinajstić information content (AvgIpc) is 2.30. The monoisotopic (exact) mass is 255 g/mol. The van der Waals surface area contributed by atoms with E-state index in [0.29, 0.717) is 11.5 Å². The standard InChI is InChI=1S/C15H33N3/c1-13(16-4)15(2,3)12-18(6)11-14-7-9-17(5)10-8-14/h13-14,16H,7-12H2,1-6H3. The number of hydrogen-bond donors (Lipinski definition) is 1. The van der Waals surface area contributed by atoms with Gasteiger partial charge in [0.25, 0.3) is 0 Å². The van der Waals surface area contributed by atoms with Crippen LogP contribution in [0.1, 0.15) is 33.6 Å². The van der Waals surface area contributed by atoms with Crippen molar-refractivity contribution < 1.29 is 0 Å². The van der Waals surface area contributed by atoms with Crippen molar-refractivity contribution >= 4 is 0 Å². The first-order valence-electron chi connectivity index (χ1n) is 7.39. The molecule has 1 fully saturated rings. The van der Waals surface area contributed by atoms with Gasteiger partial charge in [-0.1, -0.05) is 13.8 Å². The molecule has 0 aromatic carbocycles. The molecule has 1 saturated heterocycles. The van der Waals surface area contributed by atoms with E-state index in [0.717, 1.165) is 5.92 Å². The first kappa shape index (κ1) is 15.9. The Bertz CT molecular complexity index is 232. The van der Waals surface area contributed by atoms with Gasteiger partial charge in [-0.05, 0) is 65.3 Å². The second kappa shape index (κ2) is 6.88. The first-order chi connectivity index (χ1) is 8.35. The number of rotatable bonds is 6. The highest BCUT2D eigenvalue weighted by Crippen LogP contribution is 2.23. The highest BCUT2D eigenvalue weighted by atomic mass is 15.1. The van der Waals surface area contributed by atoms with Crippen LogP contribution in [0.4, 0.5) is 0 Å². The van der Waals surface area contributed by atoms with E-state index in [2.05, 4.69) is 57.0 Å². The highest BCUT2D eigenvalue weighted by Gasteiger charge is 2.27. The zero-order valence-electron chi connectivity index (χ0n) is 13.3. The van der Waals surface area contributed by atoms with Crippen molar-refractivity contribution in [2.45, 2.75) is 39.7 Å². The number of hydrogen-bond acceptors (Lipinski definition) is 3. The molecule has 1 rings (SSSR count). The van der Waals surface area contributed by atoms with Gasteiger partial charge in [-0.2, -0.15) is 0 Å². The summed E-state index contributed by atoms with van der Waals surface area (Å²) in [6.45, 7) is 12.0. The fraction of sp³-hybridized carbons (Fsp3) is 1.00. The van der Waals surface area contributed by atoms with E-state index in [1.54, 1.807) is 0 Å². The van der Waals surface area contributed by atoms with Gasteiger partial charge < -0.3 is 15.1 Å². The van der Waals surface area contributed by atoms with Gasteiger partial charge in [0.15, 0.2) is 0 Å². The molecule has 1 aliphatic rings. The largest absolute Gasteiger partial charge is 0.317 e. The van der Waals surface area contributed by atoms with Crippen LogP contribution < -0.4 is 5.32 Å². The van der Waals surface area contributed by atoms with Gasteiger partial charge in [-0.15, -0.1) is 0 Å². The SMILES string of the molecule is CNC(C)C(C)(C)CN(C)CC1CCN(C)CC1. The van der Waals surface area contributed by atoms with Gasteiger partial charge in [-0.25, -0.2) is 0 Å². The maximum atomic E-state index is 3.39. The molecule has 3 heteroatoms. The minimum Gasteiger partial charge on any atom is -0.317 e. The van der Waals surface area contributed by atoms with Crippen LogP contribution in [0.3, 0.4) is 0 Å². The molecule has 18 heavy (non-hydrogen) atoms. The second-order valence-corrected chi connectivity index (χ2v) is 6.94. The molecule has 1 aliphatic heterocycles. The van der Waals surface area contributed by atoms with Crippen molar-refractivity contribution in [3.05, 3.63) is 0 Å². The third-order valence-corrected chi connectivity index (χ3v) is 4.69. The van der Waals surface area contributed by atoms with Crippen LogP contribution in [0.5, 0.6) is 0 Å². The lowest BCUT2D eigenvalue weighted by molar-refractivity contribution is 0.128. The van der Waals surface area contributed by atoms with Crippen LogP contribution in [-0.2, 0) is 0 Å². The Kier molecular flexibility index (Phi) is 6.09. The van der Waals surface area contributed by atoms with E-state index in [4.69, 9.17) is 0 Å². The molecule has 0 aromatic rings. The maximum absolute atomic E-state index is 3.39. The van der Waals surface area contributed by atoms with Gasteiger partial charge in [0, 0.05) is 19.1 Å². The molecule has 108 valence electrons. The van der Waals surface area contributed by atoms with E-state index in [-0.39, 0.29) is 0 Å². The van der Waals surface area contributed by atoms with Crippen LogP contribution in [0.15, 0.2) is 0 Å². The second-order valence-electron chi connectivity index (χ2n) is 6.94. The molecule has 0 aliphatic carbocycles. The lowest BCUT2D eigenvalue weighted by Crippen LogP contribution is -2.46. The van der Waals surface area contributed by atoms with Crippen LogP contribution >= 0.6 is 0 Å². The molecule has 0 radical (unpaired) electrons. The zero-order valence-corrected chi connectivity index (χ0v) is 13.3. The Morgan fingerprint density at radius 3 is 2.39 bits per heavy atom. The van der Waals surface area contributed by atoms with Gasteiger partial charge in [0.05, 0.1) is 0 Å². The number of piperidine rings is 1. The molecule has 0 saturated carbocycles. The molecule has 0 amide bonds. The quantitative estimate of drug-likeness (QED) is 0.782. The van der Waals surface area contributed by atoms with Crippen molar-refractivity contribution in [2.24, 2.45) is 11.3 Å². The normalized spacial score (nSPS) is 21.5. The molecule has 0 bridgehead atoms. The zero-order chi connectivity index (χ0) is 13.8. The van der Waals surface area contributed by atoms with Crippen LogP contribution in [0.2, 0.25) is 0 Å². The Morgan fingerprint density at radius 2 is 1.89 bits per heavy atom. The van der Waals surface area contributed by atoms with Crippen molar-refractivity contribution in [3.63, 3.8) is 0 Å². The molecule has 1 heterocycles. The third kappa shape index (κ3) is 4.87. The minimum absolute atomic E-state index is 0.328. The summed E-state index contributed by atoms with van der Waals surface area (Å²) in [6, 6.07) is 0.553. The molecular weight excluding hydrogens is 222 g/mol. The van der Waals surface area contributed by atoms with Crippen LogP contribution in [-0.4, -0.2) is 63.2 Å². The van der Waals surface area contributed by atoms with Crippen LogP contribution in [0.25, 0.3) is 0 Å². The molecular formula is C15H33N3. The summed E-state index contributed by atoms with van der Waals surface area (Å²) in [4.78, 5) is 4.98. The van der Waals surface area contributed by atoms with Crippen molar-refractivity contribution in [2.75, 3.05) is 47.3 Å². The number of nitrogens with one attached hydrogen (secondary N) is 1.